The second-order valence-electron chi connectivity index (χ2n) is 4.88. The van der Waals surface area contributed by atoms with Gasteiger partial charge in [-0.05, 0) is 6.92 Å². The standard InChI is InChI=1S/C11H18N2O5/c1-7-2-12(5-9(6-14)18-7)11(17)13-3-8(4-13)10(15)16/h7-9,14H,2-6H2,1H3,(H,15,16). The van der Waals surface area contributed by atoms with Crippen molar-refractivity contribution >= 4 is 12.0 Å². The number of likely N-dealkylation sites (tertiary alicyclic amines) is 1. The highest BCUT2D eigenvalue weighted by Gasteiger charge is 2.39. The number of amides is 2. The van der Waals surface area contributed by atoms with Crippen LogP contribution in [-0.2, 0) is 9.53 Å². The second-order valence-corrected chi connectivity index (χ2v) is 4.88. The normalized spacial score (nSPS) is 29.0. The van der Waals surface area contributed by atoms with Crippen LogP contribution in [0.3, 0.4) is 0 Å². The quantitative estimate of drug-likeness (QED) is 0.677. The largest absolute Gasteiger partial charge is 0.481 e. The first-order valence-electron chi connectivity index (χ1n) is 6.04. The zero-order valence-corrected chi connectivity index (χ0v) is 10.3. The molecule has 0 spiro atoms. The molecular formula is C11H18N2O5. The summed E-state index contributed by atoms with van der Waals surface area (Å²) < 4.78 is 5.45. The van der Waals surface area contributed by atoms with E-state index in [2.05, 4.69) is 0 Å². The Morgan fingerprint density at radius 2 is 1.83 bits per heavy atom. The summed E-state index contributed by atoms with van der Waals surface area (Å²) in [4.78, 5) is 25.9. The molecule has 0 saturated carbocycles. The third-order valence-electron chi connectivity index (χ3n) is 3.30. The predicted molar refractivity (Wildman–Crippen MR) is 61.1 cm³/mol. The van der Waals surface area contributed by atoms with Crippen molar-refractivity contribution in [2.45, 2.75) is 19.1 Å². The lowest BCUT2D eigenvalue weighted by Gasteiger charge is -2.43. The van der Waals surface area contributed by atoms with Gasteiger partial charge in [0.1, 0.15) is 0 Å². The van der Waals surface area contributed by atoms with Gasteiger partial charge in [0.15, 0.2) is 0 Å². The SMILES string of the molecule is CC1CN(C(=O)N2CC(C(=O)O)C2)CC(CO)O1. The van der Waals surface area contributed by atoms with E-state index in [-0.39, 0.29) is 37.9 Å². The number of aliphatic hydroxyl groups is 1. The lowest BCUT2D eigenvalue weighted by molar-refractivity contribution is -0.146. The van der Waals surface area contributed by atoms with E-state index in [1.807, 2.05) is 6.92 Å². The molecule has 0 bridgehead atoms. The molecule has 0 aliphatic carbocycles. The number of nitrogens with zero attached hydrogens (tertiary/aromatic N) is 2. The molecular weight excluding hydrogens is 240 g/mol. The van der Waals surface area contributed by atoms with Crippen molar-refractivity contribution in [3.05, 3.63) is 0 Å². The van der Waals surface area contributed by atoms with Gasteiger partial charge in [0.05, 0.1) is 31.3 Å². The lowest BCUT2D eigenvalue weighted by atomic mass is 10.0. The summed E-state index contributed by atoms with van der Waals surface area (Å²) in [5.41, 5.74) is 0. The first kappa shape index (κ1) is 13.1. The molecule has 2 heterocycles. The minimum Gasteiger partial charge on any atom is -0.481 e. The average molecular weight is 258 g/mol. The fourth-order valence-corrected chi connectivity index (χ4v) is 2.29. The number of hydrogen-bond donors (Lipinski definition) is 2. The van der Waals surface area contributed by atoms with Crippen LogP contribution in [0.5, 0.6) is 0 Å². The van der Waals surface area contributed by atoms with Gasteiger partial charge in [-0.15, -0.1) is 0 Å². The van der Waals surface area contributed by atoms with Gasteiger partial charge in [-0.1, -0.05) is 0 Å². The van der Waals surface area contributed by atoms with Crippen LogP contribution in [0.15, 0.2) is 0 Å². The Hall–Kier alpha value is -1.34. The molecule has 2 aliphatic heterocycles. The lowest BCUT2D eigenvalue weighted by Crippen LogP contribution is -2.60. The van der Waals surface area contributed by atoms with Crippen LogP contribution in [0.1, 0.15) is 6.92 Å². The van der Waals surface area contributed by atoms with Gasteiger partial charge < -0.3 is 24.7 Å². The maximum Gasteiger partial charge on any atom is 0.320 e. The summed E-state index contributed by atoms with van der Waals surface area (Å²) >= 11 is 0. The topological polar surface area (TPSA) is 90.3 Å². The third-order valence-corrected chi connectivity index (χ3v) is 3.30. The summed E-state index contributed by atoms with van der Waals surface area (Å²) in [5, 5.41) is 17.8. The predicted octanol–water partition coefficient (Wildman–Crippen LogP) is -0.796. The number of carbonyl (C=O) groups is 2. The smallest absolute Gasteiger partial charge is 0.320 e. The van der Waals surface area contributed by atoms with Crippen LogP contribution < -0.4 is 0 Å². The second kappa shape index (κ2) is 5.11. The highest BCUT2D eigenvalue weighted by atomic mass is 16.5. The third kappa shape index (κ3) is 2.56. The van der Waals surface area contributed by atoms with Gasteiger partial charge in [-0.25, -0.2) is 4.79 Å². The number of morpholine rings is 1. The molecule has 7 nitrogen and oxygen atoms in total. The summed E-state index contributed by atoms with van der Waals surface area (Å²) in [6.07, 6.45) is -0.467. The van der Waals surface area contributed by atoms with Crippen molar-refractivity contribution < 1.29 is 24.5 Å². The van der Waals surface area contributed by atoms with E-state index in [9.17, 15) is 9.59 Å². The van der Waals surface area contributed by atoms with E-state index in [0.717, 1.165) is 0 Å². The van der Waals surface area contributed by atoms with Gasteiger partial charge in [0, 0.05) is 19.6 Å². The monoisotopic (exact) mass is 258 g/mol. The molecule has 2 aliphatic rings. The Labute approximate surface area is 105 Å². The molecule has 2 fully saturated rings. The number of aliphatic hydroxyl groups excluding tert-OH is 1. The van der Waals surface area contributed by atoms with E-state index in [1.165, 1.54) is 4.90 Å². The Kier molecular flexibility index (Phi) is 3.72. The Bertz CT molecular complexity index is 342. The van der Waals surface area contributed by atoms with E-state index in [4.69, 9.17) is 14.9 Å². The Morgan fingerprint density at radius 1 is 1.22 bits per heavy atom. The average Bonchev–Trinajstić information content (AvgIpc) is 2.25. The minimum absolute atomic E-state index is 0.114. The van der Waals surface area contributed by atoms with E-state index in [0.29, 0.717) is 13.1 Å². The zero-order chi connectivity index (χ0) is 13.3. The molecule has 2 saturated heterocycles. The fourth-order valence-electron chi connectivity index (χ4n) is 2.29. The summed E-state index contributed by atoms with van der Waals surface area (Å²) in [6.45, 7) is 3.09. The highest BCUT2D eigenvalue weighted by molar-refractivity contribution is 5.80. The summed E-state index contributed by atoms with van der Waals surface area (Å²) in [6, 6.07) is -0.166. The van der Waals surface area contributed by atoms with Crippen molar-refractivity contribution in [3.8, 4) is 0 Å². The zero-order valence-electron chi connectivity index (χ0n) is 10.3. The molecule has 0 aromatic heterocycles. The van der Waals surface area contributed by atoms with Crippen LogP contribution in [0.4, 0.5) is 4.79 Å². The maximum absolute atomic E-state index is 12.1. The van der Waals surface area contributed by atoms with Crippen LogP contribution >= 0.6 is 0 Å². The molecule has 2 N–H and O–H groups in total. The van der Waals surface area contributed by atoms with Crippen molar-refractivity contribution in [1.29, 1.82) is 0 Å². The molecule has 0 aromatic rings. The van der Waals surface area contributed by atoms with Gasteiger partial charge >= 0.3 is 12.0 Å². The summed E-state index contributed by atoms with van der Waals surface area (Å²) in [5.74, 6) is -1.30. The van der Waals surface area contributed by atoms with Crippen molar-refractivity contribution in [1.82, 2.24) is 9.80 Å². The van der Waals surface area contributed by atoms with Gasteiger partial charge in [0.2, 0.25) is 0 Å². The first-order valence-corrected chi connectivity index (χ1v) is 6.04. The van der Waals surface area contributed by atoms with Crippen molar-refractivity contribution in [2.75, 3.05) is 32.8 Å². The number of aliphatic carboxylic acids is 1. The van der Waals surface area contributed by atoms with E-state index < -0.39 is 11.9 Å². The van der Waals surface area contributed by atoms with Gasteiger partial charge in [-0.2, -0.15) is 0 Å². The first-order chi connectivity index (χ1) is 8.51. The number of ether oxygens (including phenoxy) is 1. The van der Waals surface area contributed by atoms with Crippen LogP contribution in [0.25, 0.3) is 0 Å². The number of urea groups is 1. The minimum atomic E-state index is -0.859. The van der Waals surface area contributed by atoms with Crippen LogP contribution in [0.2, 0.25) is 0 Å². The van der Waals surface area contributed by atoms with Gasteiger partial charge in [-0.3, -0.25) is 4.79 Å². The Balaban J connectivity index is 1.88. The molecule has 7 heteroatoms. The molecule has 102 valence electrons. The molecule has 2 amide bonds. The molecule has 2 atom stereocenters. The molecule has 2 rings (SSSR count). The molecule has 0 aromatic carbocycles. The van der Waals surface area contributed by atoms with Crippen molar-refractivity contribution in [3.63, 3.8) is 0 Å². The molecule has 18 heavy (non-hydrogen) atoms. The van der Waals surface area contributed by atoms with Crippen LogP contribution in [0, 0.1) is 5.92 Å². The number of rotatable bonds is 2. The number of carboxylic acids is 1. The Morgan fingerprint density at radius 3 is 2.39 bits per heavy atom. The number of carbonyl (C=O) groups excluding carboxylic acids is 1. The number of carboxylic acid groups (broad SMARTS) is 1. The summed E-state index contributed by atoms with van der Waals surface area (Å²) in [7, 11) is 0. The van der Waals surface area contributed by atoms with E-state index >= 15 is 0 Å². The molecule has 2 unspecified atom stereocenters. The van der Waals surface area contributed by atoms with Gasteiger partial charge in [0.25, 0.3) is 0 Å². The van der Waals surface area contributed by atoms with Crippen LogP contribution in [-0.4, -0.2) is 77.0 Å². The number of hydrogen-bond acceptors (Lipinski definition) is 4. The fraction of sp³-hybridized carbons (Fsp3) is 0.818. The molecule has 0 radical (unpaired) electrons. The maximum atomic E-state index is 12.1. The highest BCUT2D eigenvalue weighted by Crippen LogP contribution is 2.20. The van der Waals surface area contributed by atoms with Crippen molar-refractivity contribution in [2.24, 2.45) is 5.92 Å². The van der Waals surface area contributed by atoms with E-state index in [1.54, 1.807) is 4.90 Å².